The zero-order chi connectivity index (χ0) is 12.9. The Balaban J connectivity index is 2.51. The maximum absolute atomic E-state index is 9.23. The summed E-state index contributed by atoms with van der Waals surface area (Å²) in [5, 5.41) is 18.5. The second kappa shape index (κ2) is 6.19. The van der Waals surface area contributed by atoms with Gasteiger partial charge in [0.05, 0.1) is 19.8 Å². The second-order valence-electron chi connectivity index (χ2n) is 5.02. The Hall–Kier alpha value is -0.840. The first-order valence-electron chi connectivity index (χ1n) is 6.01. The highest BCUT2D eigenvalue weighted by Crippen LogP contribution is 2.17. The number of aliphatic hydroxyl groups excluding tert-OH is 2. The number of aliphatic hydroxyl groups is 2. The zero-order valence-electron chi connectivity index (χ0n) is 10.9. The Morgan fingerprint density at radius 2 is 1.82 bits per heavy atom. The summed E-state index contributed by atoms with van der Waals surface area (Å²) in [6.07, 6.45) is 0.898. The van der Waals surface area contributed by atoms with Gasteiger partial charge in [0.1, 0.15) is 11.5 Å². The molecule has 98 valence electrons. The molecule has 0 fully saturated rings. The highest BCUT2D eigenvalue weighted by molar-refractivity contribution is 5.06. The summed E-state index contributed by atoms with van der Waals surface area (Å²) < 4.78 is 5.62. The predicted molar refractivity (Wildman–Crippen MR) is 66.7 cm³/mol. The van der Waals surface area contributed by atoms with Gasteiger partial charge in [0, 0.05) is 18.4 Å². The number of hydrogen-bond donors (Lipinski definition) is 2. The Bertz CT molecular complexity index is 331. The minimum Gasteiger partial charge on any atom is -0.465 e. The first-order chi connectivity index (χ1) is 8.03. The first kappa shape index (κ1) is 14.2. The normalized spacial score (nSPS) is 12.4. The van der Waals surface area contributed by atoms with Crippen molar-refractivity contribution in [1.82, 2.24) is 4.90 Å². The van der Waals surface area contributed by atoms with Gasteiger partial charge < -0.3 is 14.6 Å². The van der Waals surface area contributed by atoms with Crippen LogP contribution in [-0.2, 0) is 13.0 Å². The quantitative estimate of drug-likeness (QED) is 0.754. The number of furan rings is 1. The average Bonchev–Trinajstić information content (AvgIpc) is 2.76. The molecule has 4 nitrogen and oxygen atoms in total. The van der Waals surface area contributed by atoms with E-state index in [9.17, 15) is 10.2 Å². The van der Waals surface area contributed by atoms with Gasteiger partial charge in [-0.15, -0.1) is 0 Å². The van der Waals surface area contributed by atoms with Crippen LogP contribution in [0.3, 0.4) is 0 Å². The topological polar surface area (TPSA) is 56.8 Å². The van der Waals surface area contributed by atoms with Crippen LogP contribution >= 0.6 is 0 Å². The lowest BCUT2D eigenvalue weighted by Crippen LogP contribution is -2.38. The van der Waals surface area contributed by atoms with Crippen LogP contribution in [-0.4, -0.2) is 41.9 Å². The summed E-state index contributed by atoms with van der Waals surface area (Å²) in [7, 11) is 1.96. The number of hydrogen-bond acceptors (Lipinski definition) is 4. The standard InChI is InChI=1S/C13H23NO3/c1-4-11-5-6-12(17-11)7-14(3)8-13(2,9-15)10-16/h5-6,15-16H,4,7-10H2,1-3H3. The van der Waals surface area contributed by atoms with Crippen molar-refractivity contribution in [3.63, 3.8) is 0 Å². The molecular formula is C13H23NO3. The van der Waals surface area contributed by atoms with Crippen LogP contribution in [0, 0.1) is 5.41 Å². The highest BCUT2D eigenvalue weighted by atomic mass is 16.3. The first-order valence-corrected chi connectivity index (χ1v) is 6.01. The Morgan fingerprint density at radius 1 is 1.24 bits per heavy atom. The predicted octanol–water partition coefficient (Wildman–Crippen LogP) is 1.26. The number of nitrogens with zero attached hydrogens (tertiary/aromatic N) is 1. The van der Waals surface area contributed by atoms with Gasteiger partial charge >= 0.3 is 0 Å². The summed E-state index contributed by atoms with van der Waals surface area (Å²) in [5.74, 6) is 1.91. The molecule has 0 saturated carbocycles. The summed E-state index contributed by atoms with van der Waals surface area (Å²) in [4.78, 5) is 2.05. The van der Waals surface area contributed by atoms with E-state index in [2.05, 4.69) is 6.92 Å². The van der Waals surface area contributed by atoms with Crippen molar-refractivity contribution in [1.29, 1.82) is 0 Å². The SMILES string of the molecule is CCc1ccc(CN(C)CC(C)(CO)CO)o1. The van der Waals surface area contributed by atoms with Crippen LogP contribution < -0.4 is 0 Å². The third-order valence-electron chi connectivity index (χ3n) is 2.91. The van der Waals surface area contributed by atoms with Gasteiger partial charge in [0.2, 0.25) is 0 Å². The molecule has 1 heterocycles. The van der Waals surface area contributed by atoms with Crippen molar-refractivity contribution < 1.29 is 14.6 Å². The Morgan fingerprint density at radius 3 is 2.29 bits per heavy atom. The minimum absolute atomic E-state index is 0.0216. The molecule has 0 aromatic carbocycles. The molecule has 0 amide bonds. The van der Waals surface area contributed by atoms with Gasteiger partial charge in [0.25, 0.3) is 0 Å². The van der Waals surface area contributed by atoms with Gasteiger partial charge in [-0.25, -0.2) is 0 Å². The molecule has 0 bridgehead atoms. The van der Waals surface area contributed by atoms with E-state index in [1.165, 1.54) is 0 Å². The summed E-state index contributed by atoms with van der Waals surface area (Å²) in [6, 6.07) is 3.96. The molecule has 0 radical (unpaired) electrons. The minimum atomic E-state index is -0.463. The van der Waals surface area contributed by atoms with Crippen molar-refractivity contribution in [3.05, 3.63) is 23.7 Å². The van der Waals surface area contributed by atoms with E-state index in [0.717, 1.165) is 17.9 Å². The molecule has 1 aromatic rings. The number of rotatable bonds is 7. The molecule has 17 heavy (non-hydrogen) atoms. The van der Waals surface area contributed by atoms with Gasteiger partial charge in [-0.05, 0) is 19.2 Å². The van der Waals surface area contributed by atoms with Crippen LogP contribution in [0.1, 0.15) is 25.4 Å². The average molecular weight is 241 g/mol. The summed E-state index contributed by atoms with van der Waals surface area (Å²) in [6.45, 7) is 5.19. The van der Waals surface area contributed by atoms with Crippen LogP contribution in [0.4, 0.5) is 0 Å². The third-order valence-corrected chi connectivity index (χ3v) is 2.91. The van der Waals surface area contributed by atoms with Crippen molar-refractivity contribution in [3.8, 4) is 0 Å². The monoisotopic (exact) mass is 241 g/mol. The van der Waals surface area contributed by atoms with Crippen molar-refractivity contribution in [2.75, 3.05) is 26.8 Å². The van der Waals surface area contributed by atoms with Gasteiger partial charge in [-0.2, -0.15) is 0 Å². The fraction of sp³-hybridized carbons (Fsp3) is 0.692. The lowest BCUT2D eigenvalue weighted by molar-refractivity contribution is 0.0386. The molecule has 0 aliphatic rings. The molecule has 4 heteroatoms. The van der Waals surface area contributed by atoms with E-state index in [0.29, 0.717) is 13.1 Å². The van der Waals surface area contributed by atoms with E-state index in [4.69, 9.17) is 4.42 Å². The maximum atomic E-state index is 9.23. The lowest BCUT2D eigenvalue weighted by Gasteiger charge is -2.29. The van der Waals surface area contributed by atoms with Gasteiger partial charge in [-0.1, -0.05) is 13.8 Å². The van der Waals surface area contributed by atoms with Gasteiger partial charge in [-0.3, -0.25) is 4.90 Å². The van der Waals surface area contributed by atoms with Crippen molar-refractivity contribution >= 4 is 0 Å². The lowest BCUT2D eigenvalue weighted by atomic mass is 9.92. The summed E-state index contributed by atoms with van der Waals surface area (Å²) in [5.41, 5.74) is -0.463. The van der Waals surface area contributed by atoms with E-state index >= 15 is 0 Å². The molecular weight excluding hydrogens is 218 g/mol. The maximum Gasteiger partial charge on any atom is 0.118 e. The molecule has 2 N–H and O–H groups in total. The van der Waals surface area contributed by atoms with Crippen LogP contribution in [0.15, 0.2) is 16.5 Å². The van der Waals surface area contributed by atoms with Crippen LogP contribution in [0.5, 0.6) is 0 Å². The van der Waals surface area contributed by atoms with Crippen LogP contribution in [0.2, 0.25) is 0 Å². The van der Waals surface area contributed by atoms with Crippen molar-refractivity contribution in [2.45, 2.75) is 26.8 Å². The Kier molecular flexibility index (Phi) is 5.18. The smallest absolute Gasteiger partial charge is 0.118 e. The fourth-order valence-electron chi connectivity index (χ4n) is 1.82. The van der Waals surface area contributed by atoms with Crippen molar-refractivity contribution in [2.24, 2.45) is 5.41 Å². The molecule has 0 aliphatic heterocycles. The zero-order valence-corrected chi connectivity index (χ0v) is 10.9. The molecule has 0 saturated heterocycles. The second-order valence-corrected chi connectivity index (χ2v) is 5.02. The molecule has 0 aliphatic carbocycles. The van der Waals surface area contributed by atoms with E-state index in [1.54, 1.807) is 0 Å². The largest absolute Gasteiger partial charge is 0.465 e. The molecule has 0 spiro atoms. The van der Waals surface area contributed by atoms with E-state index in [-0.39, 0.29) is 13.2 Å². The Labute approximate surface area is 103 Å². The third kappa shape index (κ3) is 4.15. The fourth-order valence-corrected chi connectivity index (χ4v) is 1.82. The molecule has 0 atom stereocenters. The summed E-state index contributed by atoms with van der Waals surface area (Å²) >= 11 is 0. The highest BCUT2D eigenvalue weighted by Gasteiger charge is 2.24. The molecule has 1 aromatic heterocycles. The number of aryl methyl sites for hydroxylation is 1. The van der Waals surface area contributed by atoms with E-state index < -0.39 is 5.41 Å². The molecule has 1 rings (SSSR count). The van der Waals surface area contributed by atoms with E-state index in [1.807, 2.05) is 31.0 Å². The van der Waals surface area contributed by atoms with Crippen LogP contribution in [0.25, 0.3) is 0 Å². The van der Waals surface area contributed by atoms with Gasteiger partial charge in [0.15, 0.2) is 0 Å². The molecule has 0 unspecified atom stereocenters.